The molecular weight excluding hydrogens is 243 g/mol. The Bertz CT molecular complexity index is 547. The summed E-state index contributed by atoms with van der Waals surface area (Å²) in [6.07, 6.45) is 0. The molecule has 2 aromatic rings. The van der Waals surface area contributed by atoms with Gasteiger partial charge in [0.05, 0.1) is 6.61 Å². The quantitative estimate of drug-likeness (QED) is 0.891. The number of phenolic OH excluding ortho intramolecular Hbond substituents is 1. The van der Waals surface area contributed by atoms with Crippen LogP contribution < -0.4 is 4.74 Å². The summed E-state index contributed by atoms with van der Waals surface area (Å²) in [5, 5.41) is 9.92. The zero-order valence-electron chi connectivity index (χ0n) is 11.1. The van der Waals surface area contributed by atoms with Crippen LogP contribution in [0, 0.1) is 11.7 Å². The fourth-order valence-electron chi connectivity index (χ4n) is 1.78. The maximum Gasteiger partial charge on any atom is 0.168 e. The highest BCUT2D eigenvalue weighted by molar-refractivity contribution is 5.73. The molecule has 0 saturated carbocycles. The molecule has 0 saturated heterocycles. The van der Waals surface area contributed by atoms with Crippen molar-refractivity contribution in [3.05, 3.63) is 48.3 Å². The zero-order chi connectivity index (χ0) is 13.8. The number of rotatable bonds is 4. The van der Waals surface area contributed by atoms with Crippen LogP contribution in [0.4, 0.5) is 4.39 Å². The zero-order valence-corrected chi connectivity index (χ0v) is 11.1. The Hall–Kier alpha value is -2.03. The highest BCUT2D eigenvalue weighted by Gasteiger charge is 2.11. The molecule has 2 rings (SSSR count). The number of para-hydroxylation sites is 1. The highest BCUT2D eigenvalue weighted by atomic mass is 19.1. The van der Waals surface area contributed by atoms with Crippen LogP contribution in [0.15, 0.2) is 42.5 Å². The largest absolute Gasteiger partial charge is 0.504 e. The molecule has 0 aliphatic rings. The fourth-order valence-corrected chi connectivity index (χ4v) is 1.78. The van der Waals surface area contributed by atoms with Crippen LogP contribution in [-0.2, 0) is 0 Å². The lowest BCUT2D eigenvalue weighted by Crippen LogP contribution is -2.05. The third-order valence-corrected chi connectivity index (χ3v) is 2.71. The third kappa shape index (κ3) is 3.25. The molecule has 3 heteroatoms. The van der Waals surface area contributed by atoms with Gasteiger partial charge in [-0.05, 0) is 29.7 Å². The molecule has 0 radical (unpaired) electrons. The molecule has 0 heterocycles. The van der Waals surface area contributed by atoms with Gasteiger partial charge in [0, 0.05) is 5.56 Å². The van der Waals surface area contributed by atoms with Crippen LogP contribution in [-0.4, -0.2) is 11.7 Å². The fraction of sp³-hybridized carbons (Fsp3) is 0.250. The van der Waals surface area contributed by atoms with E-state index >= 15 is 0 Å². The van der Waals surface area contributed by atoms with Crippen LogP contribution in [0.2, 0.25) is 0 Å². The summed E-state index contributed by atoms with van der Waals surface area (Å²) in [7, 11) is 0. The van der Waals surface area contributed by atoms with Gasteiger partial charge in [0.15, 0.2) is 11.5 Å². The molecule has 0 aliphatic heterocycles. The van der Waals surface area contributed by atoms with Gasteiger partial charge < -0.3 is 9.84 Å². The van der Waals surface area contributed by atoms with Crippen molar-refractivity contribution in [2.24, 2.45) is 5.92 Å². The lowest BCUT2D eigenvalue weighted by Gasteiger charge is -2.14. The first-order valence-electron chi connectivity index (χ1n) is 6.28. The van der Waals surface area contributed by atoms with E-state index < -0.39 is 0 Å². The number of ether oxygens (including phenoxy) is 1. The van der Waals surface area contributed by atoms with Crippen molar-refractivity contribution in [3.63, 3.8) is 0 Å². The molecular formula is C16H17FO2. The van der Waals surface area contributed by atoms with E-state index in [2.05, 4.69) is 0 Å². The molecule has 0 spiro atoms. The minimum Gasteiger partial charge on any atom is -0.504 e. The maximum atomic E-state index is 13.0. The molecule has 0 atom stereocenters. The van der Waals surface area contributed by atoms with Crippen LogP contribution in [0.3, 0.4) is 0 Å². The van der Waals surface area contributed by atoms with Crippen molar-refractivity contribution in [1.82, 2.24) is 0 Å². The SMILES string of the molecule is CC(C)COc1c(O)cccc1-c1ccc(F)cc1. The Morgan fingerprint density at radius 3 is 2.42 bits per heavy atom. The van der Waals surface area contributed by atoms with Gasteiger partial charge in [-0.1, -0.05) is 38.1 Å². The Kier molecular flexibility index (Phi) is 4.05. The molecule has 0 amide bonds. The van der Waals surface area contributed by atoms with Crippen molar-refractivity contribution >= 4 is 0 Å². The molecule has 0 bridgehead atoms. The number of hydrogen-bond donors (Lipinski definition) is 1. The van der Waals surface area contributed by atoms with Crippen LogP contribution in [0.25, 0.3) is 11.1 Å². The van der Waals surface area contributed by atoms with E-state index in [1.165, 1.54) is 12.1 Å². The molecule has 0 aromatic heterocycles. The van der Waals surface area contributed by atoms with Gasteiger partial charge in [-0.25, -0.2) is 4.39 Å². The smallest absolute Gasteiger partial charge is 0.168 e. The molecule has 1 N–H and O–H groups in total. The van der Waals surface area contributed by atoms with Crippen molar-refractivity contribution < 1.29 is 14.2 Å². The average molecular weight is 260 g/mol. The van der Waals surface area contributed by atoms with E-state index in [0.717, 1.165) is 11.1 Å². The topological polar surface area (TPSA) is 29.5 Å². The summed E-state index contributed by atoms with van der Waals surface area (Å²) in [4.78, 5) is 0. The van der Waals surface area contributed by atoms with Gasteiger partial charge in [-0.3, -0.25) is 0 Å². The lowest BCUT2D eigenvalue weighted by molar-refractivity contribution is 0.260. The van der Waals surface area contributed by atoms with Crippen LogP contribution >= 0.6 is 0 Å². The van der Waals surface area contributed by atoms with Crippen LogP contribution in [0.5, 0.6) is 11.5 Å². The van der Waals surface area contributed by atoms with Gasteiger partial charge in [0.25, 0.3) is 0 Å². The van der Waals surface area contributed by atoms with Gasteiger partial charge in [-0.15, -0.1) is 0 Å². The minimum atomic E-state index is -0.284. The minimum absolute atomic E-state index is 0.0995. The number of aromatic hydroxyl groups is 1. The second-order valence-electron chi connectivity index (χ2n) is 4.87. The summed E-state index contributed by atoms with van der Waals surface area (Å²) in [5.74, 6) is 0.625. The predicted octanol–water partition coefficient (Wildman–Crippen LogP) is 4.23. The first kappa shape index (κ1) is 13.4. The van der Waals surface area contributed by atoms with Gasteiger partial charge in [0.2, 0.25) is 0 Å². The van der Waals surface area contributed by atoms with Crippen molar-refractivity contribution in [2.45, 2.75) is 13.8 Å². The van der Waals surface area contributed by atoms with Gasteiger partial charge >= 0.3 is 0 Å². The summed E-state index contributed by atoms with van der Waals surface area (Å²) in [5.41, 5.74) is 1.58. The normalized spacial score (nSPS) is 10.7. The van der Waals surface area contributed by atoms with Gasteiger partial charge in [-0.2, -0.15) is 0 Å². The first-order valence-corrected chi connectivity index (χ1v) is 6.28. The standard InChI is InChI=1S/C16H17FO2/c1-11(2)10-19-16-14(4-3-5-15(16)18)12-6-8-13(17)9-7-12/h3-9,11,18H,10H2,1-2H3. The number of phenols is 1. The molecule has 0 aliphatic carbocycles. The average Bonchev–Trinajstić information content (AvgIpc) is 2.38. The Morgan fingerprint density at radius 1 is 1.11 bits per heavy atom. The number of halogens is 1. The Balaban J connectivity index is 2.39. The number of hydrogen-bond acceptors (Lipinski definition) is 2. The van der Waals surface area contributed by atoms with E-state index in [1.807, 2.05) is 19.9 Å². The lowest BCUT2D eigenvalue weighted by atomic mass is 10.0. The van der Waals surface area contributed by atoms with Crippen molar-refractivity contribution in [1.29, 1.82) is 0 Å². The maximum absolute atomic E-state index is 13.0. The second kappa shape index (κ2) is 5.74. The second-order valence-corrected chi connectivity index (χ2v) is 4.87. The molecule has 19 heavy (non-hydrogen) atoms. The third-order valence-electron chi connectivity index (χ3n) is 2.71. The van der Waals surface area contributed by atoms with E-state index in [9.17, 15) is 9.50 Å². The molecule has 2 nitrogen and oxygen atoms in total. The van der Waals surface area contributed by atoms with E-state index in [-0.39, 0.29) is 11.6 Å². The van der Waals surface area contributed by atoms with Crippen molar-refractivity contribution in [2.75, 3.05) is 6.61 Å². The molecule has 100 valence electrons. The Labute approximate surface area is 112 Å². The van der Waals surface area contributed by atoms with Gasteiger partial charge in [0.1, 0.15) is 5.82 Å². The van der Waals surface area contributed by atoms with Crippen LogP contribution in [0.1, 0.15) is 13.8 Å². The monoisotopic (exact) mass is 260 g/mol. The van der Waals surface area contributed by atoms with E-state index in [4.69, 9.17) is 4.74 Å². The molecule has 2 aromatic carbocycles. The summed E-state index contributed by atoms with van der Waals surface area (Å²) in [6, 6.07) is 11.3. The highest BCUT2D eigenvalue weighted by Crippen LogP contribution is 2.37. The Morgan fingerprint density at radius 2 is 1.79 bits per heavy atom. The van der Waals surface area contributed by atoms with E-state index in [1.54, 1.807) is 24.3 Å². The summed E-state index contributed by atoms with van der Waals surface area (Å²) in [6.45, 7) is 4.60. The number of benzene rings is 2. The summed E-state index contributed by atoms with van der Waals surface area (Å²) < 4.78 is 18.6. The first-order chi connectivity index (χ1) is 9.08. The molecule has 0 fully saturated rings. The molecule has 0 unspecified atom stereocenters. The predicted molar refractivity (Wildman–Crippen MR) is 73.8 cm³/mol. The van der Waals surface area contributed by atoms with Crippen molar-refractivity contribution in [3.8, 4) is 22.6 Å². The summed E-state index contributed by atoms with van der Waals surface area (Å²) >= 11 is 0. The van der Waals surface area contributed by atoms with E-state index in [0.29, 0.717) is 18.3 Å².